The number of nitrogens with one attached hydrogen (secondary N) is 1. The first-order chi connectivity index (χ1) is 13.6. The summed E-state index contributed by atoms with van der Waals surface area (Å²) in [6.07, 6.45) is 1.55. The van der Waals surface area contributed by atoms with Gasteiger partial charge in [0.05, 0.1) is 33.1 Å². The fraction of sp³-hybridized carbons (Fsp3) is 0.100. The van der Waals surface area contributed by atoms with Crippen LogP contribution in [0.4, 0.5) is 5.13 Å². The summed E-state index contributed by atoms with van der Waals surface area (Å²) in [5.74, 6) is 0.239. The van der Waals surface area contributed by atoms with E-state index in [2.05, 4.69) is 20.4 Å². The number of amides is 1. The lowest BCUT2D eigenvalue weighted by Crippen LogP contribution is -2.13. The molecule has 0 bridgehead atoms. The largest absolute Gasteiger partial charge is 0.463 e. The van der Waals surface area contributed by atoms with E-state index in [0.717, 1.165) is 15.8 Å². The molecule has 4 aromatic heterocycles. The Morgan fingerprint density at radius 3 is 2.86 bits per heavy atom. The second-order valence-corrected chi connectivity index (χ2v) is 7.46. The van der Waals surface area contributed by atoms with Crippen LogP contribution in [-0.4, -0.2) is 21.0 Å². The van der Waals surface area contributed by atoms with E-state index in [9.17, 15) is 4.79 Å². The maximum absolute atomic E-state index is 13.1. The highest BCUT2D eigenvalue weighted by atomic mass is 32.1. The Labute approximate surface area is 163 Å². The summed E-state index contributed by atoms with van der Waals surface area (Å²) in [7, 11) is 0. The summed E-state index contributed by atoms with van der Waals surface area (Å²) in [4.78, 5) is 22.0. The van der Waals surface area contributed by atoms with Gasteiger partial charge >= 0.3 is 0 Å². The monoisotopic (exact) mass is 390 g/mol. The van der Waals surface area contributed by atoms with Gasteiger partial charge in [0.1, 0.15) is 5.69 Å². The predicted octanol–water partition coefficient (Wildman–Crippen LogP) is 4.96. The van der Waals surface area contributed by atoms with Crippen LogP contribution in [0, 0.1) is 13.8 Å². The molecule has 7 nitrogen and oxygen atoms in total. The molecule has 0 atom stereocenters. The Morgan fingerprint density at radius 1 is 1.14 bits per heavy atom. The smallest absolute Gasteiger partial charge is 0.259 e. The molecule has 0 saturated carbocycles. The van der Waals surface area contributed by atoms with Gasteiger partial charge in [0, 0.05) is 0 Å². The van der Waals surface area contributed by atoms with Gasteiger partial charge in [-0.3, -0.25) is 10.1 Å². The Hall–Kier alpha value is -3.52. The minimum absolute atomic E-state index is 0.288. The Balaban J connectivity index is 1.58. The molecule has 138 valence electrons. The van der Waals surface area contributed by atoms with Crippen LogP contribution in [0.2, 0.25) is 0 Å². The normalized spacial score (nSPS) is 11.4. The van der Waals surface area contributed by atoms with Crippen LogP contribution in [0.3, 0.4) is 0 Å². The third-order valence-electron chi connectivity index (χ3n) is 4.40. The lowest BCUT2D eigenvalue weighted by Gasteiger charge is -2.05. The number of carbonyl (C=O) groups is 1. The highest BCUT2D eigenvalue weighted by Crippen LogP contribution is 2.30. The third kappa shape index (κ3) is 2.74. The molecule has 1 N–H and O–H groups in total. The van der Waals surface area contributed by atoms with Crippen molar-refractivity contribution in [2.45, 2.75) is 13.8 Å². The molecule has 28 heavy (non-hydrogen) atoms. The van der Waals surface area contributed by atoms with Crippen LogP contribution in [-0.2, 0) is 0 Å². The van der Waals surface area contributed by atoms with Gasteiger partial charge in [-0.15, -0.1) is 0 Å². The van der Waals surface area contributed by atoms with Crippen LogP contribution in [0.5, 0.6) is 0 Å². The highest BCUT2D eigenvalue weighted by Gasteiger charge is 2.21. The van der Waals surface area contributed by atoms with Gasteiger partial charge in [-0.05, 0) is 49.7 Å². The number of hydrogen-bond acceptors (Lipinski definition) is 7. The first-order valence-corrected chi connectivity index (χ1v) is 9.39. The Bertz CT molecular complexity index is 1330. The van der Waals surface area contributed by atoms with Gasteiger partial charge in [-0.25, -0.2) is 9.97 Å². The molecule has 5 aromatic rings. The second-order valence-electron chi connectivity index (χ2n) is 6.42. The molecule has 1 amide bonds. The molecule has 1 aromatic carbocycles. The van der Waals surface area contributed by atoms with Crippen LogP contribution < -0.4 is 5.32 Å². The van der Waals surface area contributed by atoms with Gasteiger partial charge in [0.25, 0.3) is 11.6 Å². The van der Waals surface area contributed by atoms with E-state index in [0.29, 0.717) is 33.2 Å². The number of thiazole rings is 1. The fourth-order valence-corrected chi connectivity index (χ4v) is 4.03. The molecule has 5 rings (SSSR count). The van der Waals surface area contributed by atoms with Crippen molar-refractivity contribution >= 4 is 43.7 Å². The molecule has 0 aliphatic heterocycles. The quantitative estimate of drug-likeness (QED) is 0.468. The van der Waals surface area contributed by atoms with Crippen molar-refractivity contribution < 1.29 is 13.7 Å². The van der Waals surface area contributed by atoms with Crippen LogP contribution in [0.25, 0.3) is 32.8 Å². The molecule has 0 radical (unpaired) electrons. The molecule has 0 saturated heterocycles. The van der Waals surface area contributed by atoms with Crippen molar-refractivity contribution in [3.63, 3.8) is 0 Å². The fourth-order valence-electron chi connectivity index (χ4n) is 3.07. The molecular formula is C20H14N4O3S. The summed E-state index contributed by atoms with van der Waals surface area (Å²) in [6, 6.07) is 11.2. The lowest BCUT2D eigenvalue weighted by atomic mass is 10.1. The maximum Gasteiger partial charge on any atom is 0.259 e. The number of pyridine rings is 1. The molecule has 0 spiro atoms. The van der Waals surface area contributed by atoms with E-state index in [-0.39, 0.29) is 11.6 Å². The van der Waals surface area contributed by atoms with Crippen molar-refractivity contribution in [1.82, 2.24) is 15.1 Å². The first-order valence-electron chi connectivity index (χ1n) is 8.58. The zero-order valence-corrected chi connectivity index (χ0v) is 15.8. The van der Waals surface area contributed by atoms with Crippen molar-refractivity contribution in [2.75, 3.05) is 5.32 Å². The first kappa shape index (κ1) is 16.6. The summed E-state index contributed by atoms with van der Waals surface area (Å²) in [5.41, 5.74) is 3.79. The second kappa shape index (κ2) is 6.28. The number of hydrogen-bond donors (Lipinski definition) is 1. The van der Waals surface area contributed by atoms with Crippen LogP contribution >= 0.6 is 11.3 Å². The molecular weight excluding hydrogens is 376 g/mol. The molecule has 8 heteroatoms. The van der Waals surface area contributed by atoms with Gasteiger partial charge in [0.2, 0.25) is 0 Å². The average Bonchev–Trinajstić information content (AvgIpc) is 3.41. The minimum atomic E-state index is -0.303. The highest BCUT2D eigenvalue weighted by molar-refractivity contribution is 7.22. The minimum Gasteiger partial charge on any atom is -0.463 e. The number of anilines is 1. The molecule has 0 unspecified atom stereocenters. The molecule has 4 heterocycles. The van der Waals surface area contributed by atoms with Crippen molar-refractivity contribution in [3.05, 3.63) is 59.5 Å². The summed E-state index contributed by atoms with van der Waals surface area (Å²) < 4.78 is 11.7. The van der Waals surface area contributed by atoms with E-state index < -0.39 is 0 Å². The molecule has 0 fully saturated rings. The number of furan rings is 1. The SMILES string of the molecule is Cc1ccc2nc(NC(=O)c3cc(-c4ccco4)nc4onc(C)c34)sc2c1. The number of nitrogens with zero attached hydrogens (tertiary/aromatic N) is 3. The van der Waals surface area contributed by atoms with E-state index >= 15 is 0 Å². The summed E-state index contributed by atoms with van der Waals surface area (Å²) in [5, 5.41) is 7.95. The number of rotatable bonds is 3. The topological polar surface area (TPSA) is 94.1 Å². The van der Waals surface area contributed by atoms with Gasteiger partial charge in [-0.2, -0.15) is 0 Å². The Morgan fingerprint density at radius 2 is 2.04 bits per heavy atom. The number of benzene rings is 1. The van der Waals surface area contributed by atoms with Crippen molar-refractivity contribution in [3.8, 4) is 11.5 Å². The number of aromatic nitrogens is 3. The standard InChI is InChI=1S/C20H14N4O3S/c1-10-5-6-13-16(8-10)28-20(22-13)23-18(25)12-9-14(15-4-3-7-26-15)21-19-17(12)11(2)24-27-19/h3-9H,1-2H3,(H,22,23,25). The van der Waals surface area contributed by atoms with E-state index in [1.165, 1.54) is 11.3 Å². The van der Waals surface area contributed by atoms with Crippen molar-refractivity contribution in [2.24, 2.45) is 0 Å². The zero-order chi connectivity index (χ0) is 19.3. The third-order valence-corrected chi connectivity index (χ3v) is 5.33. The number of carbonyl (C=O) groups excluding carboxylic acids is 1. The maximum atomic E-state index is 13.1. The Kier molecular flexibility index (Phi) is 3.73. The zero-order valence-electron chi connectivity index (χ0n) is 15.0. The van der Waals surface area contributed by atoms with Gasteiger partial charge < -0.3 is 8.94 Å². The van der Waals surface area contributed by atoms with E-state index in [1.807, 2.05) is 25.1 Å². The summed E-state index contributed by atoms with van der Waals surface area (Å²) >= 11 is 1.43. The van der Waals surface area contributed by atoms with E-state index in [4.69, 9.17) is 8.94 Å². The lowest BCUT2D eigenvalue weighted by molar-refractivity contribution is 0.102. The van der Waals surface area contributed by atoms with Crippen LogP contribution in [0.1, 0.15) is 21.6 Å². The average molecular weight is 390 g/mol. The van der Waals surface area contributed by atoms with Gasteiger partial charge in [-0.1, -0.05) is 22.6 Å². The van der Waals surface area contributed by atoms with Crippen LogP contribution in [0.15, 0.2) is 51.6 Å². The molecule has 0 aliphatic carbocycles. The predicted molar refractivity (Wildman–Crippen MR) is 107 cm³/mol. The number of fused-ring (bicyclic) bond motifs is 2. The number of aryl methyl sites for hydroxylation is 2. The van der Waals surface area contributed by atoms with E-state index in [1.54, 1.807) is 31.4 Å². The summed E-state index contributed by atoms with van der Waals surface area (Å²) in [6.45, 7) is 3.80. The van der Waals surface area contributed by atoms with Crippen molar-refractivity contribution in [1.29, 1.82) is 0 Å². The molecule has 0 aliphatic rings. The van der Waals surface area contributed by atoms with Gasteiger partial charge in [0.15, 0.2) is 10.9 Å².